The highest BCUT2D eigenvalue weighted by Crippen LogP contribution is 2.35. The van der Waals surface area contributed by atoms with Crippen molar-refractivity contribution >= 4 is 40.5 Å². The van der Waals surface area contributed by atoms with Gasteiger partial charge in [-0.05, 0) is 42.7 Å². The molecule has 9 nitrogen and oxygen atoms in total. The monoisotopic (exact) mass is 577 g/mol. The van der Waals surface area contributed by atoms with Crippen molar-refractivity contribution in [1.82, 2.24) is 14.9 Å². The number of nitrogens with zero attached hydrogens (tertiary/aromatic N) is 4. The van der Waals surface area contributed by atoms with Crippen molar-refractivity contribution in [2.24, 2.45) is 5.16 Å². The van der Waals surface area contributed by atoms with Gasteiger partial charge in [0.15, 0.2) is 11.5 Å². The molecule has 0 saturated carbocycles. The Morgan fingerprint density at radius 1 is 1.00 bits per heavy atom. The number of fused-ring (bicyclic) bond motifs is 1. The lowest BCUT2D eigenvalue weighted by atomic mass is 10.1. The zero-order valence-electron chi connectivity index (χ0n) is 23.4. The number of benzene rings is 3. The van der Waals surface area contributed by atoms with Crippen molar-refractivity contribution in [1.29, 1.82) is 0 Å². The van der Waals surface area contributed by atoms with Crippen LogP contribution in [0.5, 0.6) is 11.5 Å². The van der Waals surface area contributed by atoms with E-state index in [0.29, 0.717) is 30.5 Å². The van der Waals surface area contributed by atoms with E-state index in [2.05, 4.69) is 25.3 Å². The summed E-state index contributed by atoms with van der Waals surface area (Å²) in [7, 11) is 1.64. The number of anilines is 2. The van der Waals surface area contributed by atoms with Gasteiger partial charge in [-0.2, -0.15) is 0 Å². The number of nitrogens with one attached hydrogen (secondary N) is 1. The van der Waals surface area contributed by atoms with Gasteiger partial charge in [0.1, 0.15) is 18.8 Å². The van der Waals surface area contributed by atoms with E-state index in [0.717, 1.165) is 72.7 Å². The Morgan fingerprint density at radius 2 is 1.78 bits per heavy atom. The van der Waals surface area contributed by atoms with E-state index in [1.54, 1.807) is 13.4 Å². The maximum absolute atomic E-state index is 6.14. The van der Waals surface area contributed by atoms with E-state index in [4.69, 9.17) is 19.0 Å². The number of methoxy groups -OCH3 is 1. The molecule has 1 aromatic heterocycles. The van der Waals surface area contributed by atoms with Crippen LogP contribution >= 0.6 is 12.4 Å². The van der Waals surface area contributed by atoms with Gasteiger partial charge >= 0.3 is 0 Å². The van der Waals surface area contributed by atoms with Crippen LogP contribution in [-0.2, 0) is 16.2 Å². The zero-order valence-corrected chi connectivity index (χ0v) is 24.2. The van der Waals surface area contributed by atoms with Gasteiger partial charge in [-0.3, -0.25) is 4.90 Å². The predicted molar refractivity (Wildman–Crippen MR) is 164 cm³/mol. The molecule has 216 valence electrons. The fourth-order valence-electron chi connectivity index (χ4n) is 4.49. The first-order valence-electron chi connectivity index (χ1n) is 13.5. The van der Waals surface area contributed by atoms with Gasteiger partial charge in [0.05, 0.1) is 38.2 Å². The smallest absolute Gasteiger partial charge is 0.162 e. The summed E-state index contributed by atoms with van der Waals surface area (Å²) < 4.78 is 17.2. The third-order valence-corrected chi connectivity index (χ3v) is 6.74. The van der Waals surface area contributed by atoms with Crippen molar-refractivity contribution in [3.05, 3.63) is 84.2 Å². The summed E-state index contributed by atoms with van der Waals surface area (Å²) in [4.78, 5) is 16.9. The van der Waals surface area contributed by atoms with E-state index in [9.17, 15) is 0 Å². The molecule has 0 bridgehead atoms. The fourth-order valence-corrected chi connectivity index (χ4v) is 4.49. The van der Waals surface area contributed by atoms with Gasteiger partial charge < -0.3 is 24.4 Å². The highest BCUT2D eigenvalue weighted by atomic mass is 35.5. The molecule has 0 aliphatic carbocycles. The normalized spacial score (nSPS) is 13.9. The molecule has 1 saturated heterocycles. The summed E-state index contributed by atoms with van der Waals surface area (Å²) in [5.41, 5.74) is 4.52. The first kappa shape index (κ1) is 30.0. The molecule has 0 unspecified atom stereocenters. The Balaban J connectivity index is 0.00000387. The van der Waals surface area contributed by atoms with Crippen LogP contribution in [0.1, 0.15) is 24.5 Å². The second-order valence-electron chi connectivity index (χ2n) is 9.54. The third kappa shape index (κ3) is 8.29. The molecule has 1 N–H and O–H groups in total. The molecule has 0 atom stereocenters. The lowest BCUT2D eigenvalue weighted by Crippen LogP contribution is -2.37. The van der Waals surface area contributed by atoms with Gasteiger partial charge in [-0.25, -0.2) is 9.97 Å². The molecule has 1 aliphatic rings. The van der Waals surface area contributed by atoms with Crippen molar-refractivity contribution in [3.63, 3.8) is 0 Å². The Kier molecular flexibility index (Phi) is 11.1. The van der Waals surface area contributed by atoms with Crippen LogP contribution in [0.2, 0.25) is 0 Å². The molecule has 41 heavy (non-hydrogen) atoms. The lowest BCUT2D eigenvalue weighted by molar-refractivity contribution is 0.0357. The molecule has 2 heterocycles. The maximum Gasteiger partial charge on any atom is 0.162 e. The topological polar surface area (TPSA) is 90.3 Å². The second kappa shape index (κ2) is 15.2. The average Bonchev–Trinajstić information content (AvgIpc) is 3.00. The number of aromatic nitrogens is 2. The van der Waals surface area contributed by atoms with Gasteiger partial charge in [0.2, 0.25) is 0 Å². The lowest BCUT2D eigenvalue weighted by Gasteiger charge is -2.26. The van der Waals surface area contributed by atoms with Crippen molar-refractivity contribution in [3.8, 4) is 11.5 Å². The van der Waals surface area contributed by atoms with Crippen LogP contribution in [0, 0.1) is 0 Å². The first-order chi connectivity index (χ1) is 19.7. The molecule has 3 aromatic carbocycles. The first-order valence-corrected chi connectivity index (χ1v) is 13.5. The van der Waals surface area contributed by atoms with E-state index < -0.39 is 0 Å². The Morgan fingerprint density at radius 3 is 2.54 bits per heavy atom. The van der Waals surface area contributed by atoms with Gasteiger partial charge in [-0.1, -0.05) is 47.6 Å². The largest absolute Gasteiger partial charge is 0.493 e. The molecule has 4 aromatic rings. The second-order valence-corrected chi connectivity index (χ2v) is 9.54. The molecular weight excluding hydrogens is 542 g/mol. The van der Waals surface area contributed by atoms with Crippen molar-refractivity contribution in [2.75, 3.05) is 51.9 Å². The minimum Gasteiger partial charge on any atom is -0.493 e. The molecule has 0 amide bonds. The van der Waals surface area contributed by atoms with Gasteiger partial charge in [-0.15, -0.1) is 12.4 Å². The van der Waals surface area contributed by atoms with Crippen molar-refractivity contribution < 1.29 is 19.0 Å². The standard InChI is InChI=1S/C31H35N5O4.ClH/c1-23(35-40-21-24-7-4-3-5-8-24)25-9-11-26(12-10-25)34-31-27-19-30(29(37-2)20-28(27)32-22-33-31)39-16-6-13-36-14-17-38-18-15-36;/h3-5,7-12,19-20,22H,6,13-18,21H2,1-2H3,(H,32,33,34);1H/b35-23+;. The Hall–Kier alpha value is -3.92. The van der Waals surface area contributed by atoms with Crippen LogP contribution < -0.4 is 14.8 Å². The minimum atomic E-state index is 0. The number of hydrogen-bond donors (Lipinski definition) is 1. The molecule has 5 rings (SSSR count). The van der Waals surface area contributed by atoms with E-state index in [1.165, 1.54) is 0 Å². The average molecular weight is 578 g/mol. The number of halogens is 1. The number of morpholine rings is 1. The zero-order chi connectivity index (χ0) is 27.6. The summed E-state index contributed by atoms with van der Waals surface area (Å²) in [5.74, 6) is 2.01. The Bertz CT molecular complexity index is 1410. The summed E-state index contributed by atoms with van der Waals surface area (Å²) in [5, 5.41) is 8.53. The van der Waals surface area contributed by atoms with E-state index >= 15 is 0 Å². The predicted octanol–water partition coefficient (Wildman–Crippen LogP) is 5.85. The number of rotatable bonds is 12. The highest BCUT2D eigenvalue weighted by Gasteiger charge is 2.13. The van der Waals surface area contributed by atoms with Crippen LogP contribution in [0.15, 0.2) is 78.2 Å². The quantitative estimate of drug-likeness (QED) is 0.127. The molecule has 10 heteroatoms. The fraction of sp³-hybridized carbons (Fsp3) is 0.323. The van der Waals surface area contributed by atoms with E-state index in [-0.39, 0.29) is 12.4 Å². The molecular formula is C31H36ClN5O4. The van der Waals surface area contributed by atoms with Crippen LogP contribution in [-0.4, -0.2) is 67.1 Å². The van der Waals surface area contributed by atoms with Crippen LogP contribution in [0.25, 0.3) is 10.9 Å². The Labute approximate surface area is 246 Å². The number of hydrogen-bond acceptors (Lipinski definition) is 9. The van der Waals surface area contributed by atoms with Crippen molar-refractivity contribution in [2.45, 2.75) is 20.0 Å². The maximum atomic E-state index is 6.14. The molecule has 1 fully saturated rings. The van der Waals surface area contributed by atoms with Crippen LogP contribution in [0.3, 0.4) is 0 Å². The van der Waals surface area contributed by atoms with E-state index in [1.807, 2.05) is 73.7 Å². The number of ether oxygens (including phenoxy) is 3. The van der Waals surface area contributed by atoms with Crippen LogP contribution in [0.4, 0.5) is 11.5 Å². The minimum absolute atomic E-state index is 0. The van der Waals surface area contributed by atoms with Gasteiger partial charge in [0.25, 0.3) is 0 Å². The molecule has 1 aliphatic heterocycles. The molecule has 0 spiro atoms. The summed E-state index contributed by atoms with van der Waals surface area (Å²) >= 11 is 0. The summed E-state index contributed by atoms with van der Waals surface area (Å²) in [6.45, 7) is 7.48. The summed E-state index contributed by atoms with van der Waals surface area (Å²) in [6, 6.07) is 21.8. The van der Waals surface area contributed by atoms with Gasteiger partial charge in [0, 0.05) is 36.8 Å². The third-order valence-electron chi connectivity index (χ3n) is 6.74. The highest BCUT2D eigenvalue weighted by molar-refractivity contribution is 5.99. The summed E-state index contributed by atoms with van der Waals surface area (Å²) in [6.07, 6.45) is 2.46. The SMILES string of the molecule is COc1cc2ncnc(Nc3ccc(/C(C)=N/OCc4ccccc4)cc3)c2cc1OCCCN1CCOCC1.Cl. The number of oxime groups is 1. The molecule has 0 radical (unpaired) electrons.